The van der Waals surface area contributed by atoms with Gasteiger partial charge >= 0.3 is 11.8 Å². The first kappa shape index (κ1) is 43.9. The number of benzene rings is 4. The van der Waals surface area contributed by atoms with Crippen molar-refractivity contribution in [1.29, 1.82) is 0 Å². The molecule has 4 amide bonds. The van der Waals surface area contributed by atoms with Gasteiger partial charge in [-0.25, -0.2) is 32.9 Å². The number of carbonyl (C=O) groups excluding carboxylic acids is 4. The van der Waals surface area contributed by atoms with E-state index in [9.17, 15) is 32.8 Å². The second-order valence-corrected chi connectivity index (χ2v) is 16.6. The van der Waals surface area contributed by atoms with Crippen LogP contribution in [0.15, 0.2) is 139 Å². The number of amides is 4. The standard InChI is InChI=1S/C50H43F2N9O6/c1-49(51,52)30-60(43(63)27-54-46(64)37-20-24-53-40-11-6-5-10-36(37)40)28-42(62)55-35-18-12-31(13-19-35)29-67-48(66)57-50(22-7-23-50)34-16-14-33(15-17-34)44-38(32-8-3-2-4-9-32)26-39-41(56-44)21-25-61-45(39)58-59-47(61)65/h2-6,8-21,24-26H,7,22-23,27-30H2,1H3,(H,54,64)(H,55,62)(H,57,66)(H,59,65). The number of alkyl carbamates (subject to hydrolysis) is 1. The summed E-state index contributed by atoms with van der Waals surface area (Å²) >= 11 is 0. The fourth-order valence-corrected chi connectivity index (χ4v) is 8.30. The number of aromatic amines is 1. The van der Waals surface area contributed by atoms with Gasteiger partial charge in [-0.1, -0.05) is 84.9 Å². The Bertz CT molecular complexity index is 3220. The Balaban J connectivity index is 0.807. The number of nitrogens with one attached hydrogen (secondary N) is 4. The summed E-state index contributed by atoms with van der Waals surface area (Å²) in [5.41, 5.74) is 6.34. The first-order valence-corrected chi connectivity index (χ1v) is 21.5. The van der Waals surface area contributed by atoms with Crippen LogP contribution in [0.3, 0.4) is 0 Å². The number of aromatic nitrogens is 5. The molecule has 0 aliphatic heterocycles. The van der Waals surface area contributed by atoms with Crippen molar-refractivity contribution in [2.75, 3.05) is 25.0 Å². The van der Waals surface area contributed by atoms with E-state index in [1.165, 1.54) is 16.7 Å². The number of alkyl halides is 2. The summed E-state index contributed by atoms with van der Waals surface area (Å²) in [4.78, 5) is 74.6. The minimum atomic E-state index is -3.32. The molecule has 4 aromatic heterocycles. The van der Waals surface area contributed by atoms with Crippen LogP contribution in [0.25, 0.3) is 49.8 Å². The van der Waals surface area contributed by atoms with Gasteiger partial charge in [-0.2, -0.15) is 5.10 Å². The van der Waals surface area contributed by atoms with Gasteiger partial charge < -0.3 is 25.6 Å². The molecule has 0 unspecified atom stereocenters. The van der Waals surface area contributed by atoms with Crippen molar-refractivity contribution in [3.63, 3.8) is 0 Å². The van der Waals surface area contributed by atoms with Crippen molar-refractivity contribution in [2.24, 2.45) is 0 Å². The van der Waals surface area contributed by atoms with E-state index in [4.69, 9.17) is 9.72 Å². The van der Waals surface area contributed by atoms with Crippen LogP contribution in [-0.4, -0.2) is 78.8 Å². The van der Waals surface area contributed by atoms with E-state index in [0.29, 0.717) is 45.1 Å². The zero-order valence-electron chi connectivity index (χ0n) is 36.1. The van der Waals surface area contributed by atoms with Gasteiger partial charge in [0.25, 0.3) is 11.8 Å². The monoisotopic (exact) mass is 903 g/mol. The number of anilines is 1. The lowest BCUT2D eigenvalue weighted by atomic mass is 9.71. The summed E-state index contributed by atoms with van der Waals surface area (Å²) in [5.74, 6) is -5.51. The zero-order valence-corrected chi connectivity index (χ0v) is 36.1. The Morgan fingerprint density at radius 2 is 1.61 bits per heavy atom. The van der Waals surface area contributed by atoms with E-state index >= 15 is 0 Å². The Labute approximate surface area is 381 Å². The number of H-pyrrole nitrogens is 1. The number of nitrogens with zero attached hydrogens (tertiary/aromatic N) is 5. The van der Waals surface area contributed by atoms with Gasteiger partial charge in [-0.05, 0) is 72.4 Å². The van der Waals surface area contributed by atoms with Gasteiger partial charge in [0.2, 0.25) is 11.8 Å². The van der Waals surface area contributed by atoms with Crippen LogP contribution in [0.4, 0.5) is 19.3 Å². The number of pyridine rings is 3. The Morgan fingerprint density at radius 1 is 0.866 bits per heavy atom. The number of para-hydroxylation sites is 1. The lowest BCUT2D eigenvalue weighted by Gasteiger charge is -2.42. The summed E-state index contributed by atoms with van der Waals surface area (Å²) < 4.78 is 35.4. The summed E-state index contributed by atoms with van der Waals surface area (Å²) in [6, 6.07) is 36.5. The summed E-state index contributed by atoms with van der Waals surface area (Å²) in [6.45, 7) is -1.79. The van der Waals surface area contributed by atoms with Crippen molar-refractivity contribution < 1.29 is 32.7 Å². The zero-order chi connectivity index (χ0) is 46.7. The van der Waals surface area contributed by atoms with Crippen LogP contribution >= 0.6 is 0 Å². The SMILES string of the molecule is CC(F)(F)CN(CC(=O)Nc1ccc(COC(=O)NC2(c3ccc(-c4nc5ccn6c(=O)[nH]nc6c5cc4-c4ccccc4)cc3)CCC2)cc1)C(=O)CNC(=O)c1ccnc2ccccc12. The highest BCUT2D eigenvalue weighted by Crippen LogP contribution is 2.43. The average molecular weight is 904 g/mol. The largest absolute Gasteiger partial charge is 0.445 e. The molecular formula is C50H43F2N9O6. The topological polar surface area (TPSA) is 193 Å². The smallest absolute Gasteiger partial charge is 0.408 e. The number of hydrogen-bond donors (Lipinski definition) is 4. The molecule has 9 rings (SSSR count). The minimum absolute atomic E-state index is 0.0704. The predicted octanol–water partition coefficient (Wildman–Crippen LogP) is 7.61. The molecule has 0 spiro atoms. The molecule has 17 heteroatoms. The van der Waals surface area contributed by atoms with E-state index in [-0.39, 0.29) is 17.9 Å². The van der Waals surface area contributed by atoms with Gasteiger partial charge in [-0.3, -0.25) is 19.4 Å². The lowest BCUT2D eigenvalue weighted by Crippen LogP contribution is -2.50. The lowest BCUT2D eigenvalue weighted by molar-refractivity contribution is -0.138. The van der Waals surface area contributed by atoms with E-state index in [0.717, 1.165) is 52.6 Å². The highest BCUT2D eigenvalue weighted by molar-refractivity contribution is 6.07. The highest BCUT2D eigenvalue weighted by Gasteiger charge is 2.40. The molecule has 1 saturated carbocycles. The Kier molecular flexibility index (Phi) is 12.0. The first-order valence-electron chi connectivity index (χ1n) is 21.5. The van der Waals surface area contributed by atoms with Crippen LogP contribution in [0.1, 0.15) is 47.7 Å². The van der Waals surface area contributed by atoms with E-state index in [1.54, 1.807) is 60.8 Å². The minimum Gasteiger partial charge on any atom is -0.445 e. The Hall–Kier alpha value is -8.34. The molecule has 67 heavy (non-hydrogen) atoms. The average Bonchev–Trinajstić information content (AvgIpc) is 3.71. The number of rotatable bonds is 14. The molecule has 1 aliphatic carbocycles. The molecule has 338 valence electrons. The molecule has 4 heterocycles. The highest BCUT2D eigenvalue weighted by atomic mass is 19.3. The maximum atomic E-state index is 14.2. The van der Waals surface area contributed by atoms with Gasteiger partial charge in [0.1, 0.15) is 13.2 Å². The van der Waals surface area contributed by atoms with Gasteiger partial charge in [0.05, 0.1) is 40.9 Å². The van der Waals surface area contributed by atoms with Crippen LogP contribution in [0.5, 0.6) is 0 Å². The van der Waals surface area contributed by atoms with Crippen LogP contribution < -0.4 is 21.6 Å². The molecule has 0 radical (unpaired) electrons. The van der Waals surface area contributed by atoms with Crippen molar-refractivity contribution in [3.05, 3.63) is 161 Å². The number of halogens is 2. The normalized spacial score (nSPS) is 13.2. The molecule has 4 N–H and O–H groups in total. The van der Waals surface area contributed by atoms with Crippen LogP contribution in [0, 0.1) is 0 Å². The van der Waals surface area contributed by atoms with E-state index in [2.05, 4.69) is 31.1 Å². The molecule has 0 bridgehead atoms. The number of fused-ring (bicyclic) bond motifs is 4. The molecule has 0 atom stereocenters. The molecule has 1 aliphatic rings. The van der Waals surface area contributed by atoms with Gasteiger partial charge in [0, 0.05) is 46.9 Å². The summed E-state index contributed by atoms with van der Waals surface area (Å²) in [5, 5.41) is 16.2. The molecular weight excluding hydrogens is 861 g/mol. The van der Waals surface area contributed by atoms with E-state index in [1.807, 2.05) is 60.7 Å². The summed E-state index contributed by atoms with van der Waals surface area (Å²) in [7, 11) is 0. The predicted molar refractivity (Wildman–Crippen MR) is 247 cm³/mol. The van der Waals surface area contributed by atoms with Crippen molar-refractivity contribution in [2.45, 2.75) is 44.3 Å². The number of carbonyl (C=O) groups is 4. The number of hydrogen-bond acceptors (Lipinski definition) is 9. The first-order chi connectivity index (χ1) is 32.3. The second kappa shape index (κ2) is 18.3. The van der Waals surface area contributed by atoms with Crippen molar-refractivity contribution in [1.82, 2.24) is 40.1 Å². The molecule has 4 aromatic carbocycles. The third-order valence-corrected chi connectivity index (χ3v) is 11.8. The number of ether oxygens (including phenoxy) is 1. The quantitative estimate of drug-likeness (QED) is 0.0850. The fourth-order valence-electron chi connectivity index (χ4n) is 8.30. The third-order valence-electron chi connectivity index (χ3n) is 11.8. The van der Waals surface area contributed by atoms with E-state index < -0.39 is 54.9 Å². The van der Waals surface area contributed by atoms with Crippen LogP contribution in [0.2, 0.25) is 0 Å². The van der Waals surface area contributed by atoms with Gasteiger partial charge in [0.15, 0.2) is 5.65 Å². The van der Waals surface area contributed by atoms with Gasteiger partial charge in [-0.15, -0.1) is 0 Å². The van der Waals surface area contributed by atoms with Crippen molar-refractivity contribution >= 4 is 57.0 Å². The molecule has 0 saturated heterocycles. The second-order valence-electron chi connectivity index (χ2n) is 16.6. The molecule has 8 aromatic rings. The molecule has 15 nitrogen and oxygen atoms in total. The summed E-state index contributed by atoms with van der Waals surface area (Å²) in [6.07, 6.45) is 4.85. The maximum absolute atomic E-state index is 14.2. The maximum Gasteiger partial charge on any atom is 0.408 e. The molecule has 1 fully saturated rings. The fraction of sp³-hybridized carbons (Fsp3) is 0.200. The third kappa shape index (κ3) is 9.56. The Morgan fingerprint density at radius 3 is 2.34 bits per heavy atom. The van der Waals surface area contributed by atoms with Crippen molar-refractivity contribution in [3.8, 4) is 22.4 Å². The van der Waals surface area contributed by atoms with Crippen LogP contribution in [-0.2, 0) is 26.5 Å².